The van der Waals surface area contributed by atoms with Crippen molar-refractivity contribution in [2.45, 2.75) is 0 Å². The zero-order valence-electron chi connectivity index (χ0n) is 26.0. The molecule has 0 saturated heterocycles. The van der Waals surface area contributed by atoms with Crippen LogP contribution < -0.4 is 0 Å². The molecule has 48 heavy (non-hydrogen) atoms. The van der Waals surface area contributed by atoms with E-state index in [2.05, 4.69) is 173 Å². The highest BCUT2D eigenvalue weighted by Gasteiger charge is 2.19. The molecule has 4 nitrogen and oxygen atoms in total. The van der Waals surface area contributed by atoms with Crippen molar-refractivity contribution < 1.29 is 0 Å². The first-order valence-corrected chi connectivity index (χ1v) is 16.3. The molecule has 4 heteroatoms. The Labute approximate surface area is 276 Å². The second kappa shape index (κ2) is 10.5. The molecule has 0 amide bonds. The molecule has 0 aliphatic carbocycles. The third-order valence-corrected chi connectivity index (χ3v) is 9.57. The quantitative estimate of drug-likeness (QED) is 0.198. The Morgan fingerprint density at radius 2 is 1.12 bits per heavy atom. The number of para-hydroxylation sites is 3. The van der Waals surface area contributed by atoms with Gasteiger partial charge in [0, 0.05) is 39.0 Å². The van der Waals surface area contributed by atoms with Crippen LogP contribution in [0.5, 0.6) is 0 Å². The number of hydrogen-bond donors (Lipinski definition) is 0. The fourth-order valence-corrected chi connectivity index (χ4v) is 7.30. The fraction of sp³-hybridized carbons (Fsp3) is 0. The van der Waals surface area contributed by atoms with Crippen molar-refractivity contribution in [3.8, 4) is 34.0 Å². The number of fused-ring (bicyclic) bond motifs is 6. The molecule has 0 fully saturated rings. The van der Waals surface area contributed by atoms with Crippen LogP contribution in [-0.4, -0.2) is 19.1 Å². The SMILES string of the molecule is c1ccc(-n2ccc3cc4c(cc32)c2ccccc2n4-c2nc(-c3ccc(-c4cccc5ccccc45)cc3)c3ccccc3n2)cc1. The number of benzene rings is 7. The summed E-state index contributed by atoms with van der Waals surface area (Å²) in [5.41, 5.74) is 9.78. The monoisotopic (exact) mass is 612 g/mol. The molecule has 0 saturated carbocycles. The summed E-state index contributed by atoms with van der Waals surface area (Å²) in [6.07, 6.45) is 2.15. The average Bonchev–Trinajstić information content (AvgIpc) is 3.72. The van der Waals surface area contributed by atoms with Gasteiger partial charge in [0.15, 0.2) is 0 Å². The van der Waals surface area contributed by atoms with Crippen LogP contribution in [0.2, 0.25) is 0 Å². The maximum Gasteiger partial charge on any atom is 0.235 e. The van der Waals surface area contributed by atoms with E-state index in [-0.39, 0.29) is 0 Å². The van der Waals surface area contributed by atoms with E-state index in [4.69, 9.17) is 9.97 Å². The Balaban J connectivity index is 1.18. The molecule has 0 spiro atoms. The first-order valence-electron chi connectivity index (χ1n) is 16.3. The second-order valence-electron chi connectivity index (χ2n) is 12.3. The van der Waals surface area contributed by atoms with Gasteiger partial charge < -0.3 is 4.57 Å². The van der Waals surface area contributed by atoms with Crippen LogP contribution in [0, 0.1) is 0 Å². The van der Waals surface area contributed by atoms with E-state index >= 15 is 0 Å². The van der Waals surface area contributed by atoms with Gasteiger partial charge in [-0.1, -0.05) is 121 Å². The molecule has 0 aliphatic heterocycles. The zero-order chi connectivity index (χ0) is 31.6. The lowest BCUT2D eigenvalue weighted by atomic mass is 9.96. The van der Waals surface area contributed by atoms with Crippen LogP contribution >= 0.6 is 0 Å². The Morgan fingerprint density at radius 1 is 0.417 bits per heavy atom. The van der Waals surface area contributed by atoms with E-state index in [0.717, 1.165) is 38.9 Å². The minimum Gasteiger partial charge on any atom is -0.317 e. The molecule has 0 unspecified atom stereocenters. The van der Waals surface area contributed by atoms with Gasteiger partial charge in [-0.25, -0.2) is 9.97 Å². The second-order valence-corrected chi connectivity index (χ2v) is 12.3. The van der Waals surface area contributed by atoms with E-state index in [1.165, 1.54) is 43.6 Å². The number of rotatable bonds is 4. The molecular weight excluding hydrogens is 585 g/mol. The molecule has 10 aromatic rings. The van der Waals surface area contributed by atoms with Crippen molar-refractivity contribution >= 4 is 54.4 Å². The van der Waals surface area contributed by atoms with Crippen LogP contribution in [0.4, 0.5) is 0 Å². The summed E-state index contributed by atoms with van der Waals surface area (Å²) in [5, 5.41) is 7.04. The number of hydrogen-bond acceptors (Lipinski definition) is 2. The lowest BCUT2D eigenvalue weighted by Crippen LogP contribution is -2.03. The number of aromatic nitrogens is 4. The van der Waals surface area contributed by atoms with Crippen molar-refractivity contribution in [2.24, 2.45) is 0 Å². The van der Waals surface area contributed by atoms with Crippen molar-refractivity contribution in [3.05, 3.63) is 170 Å². The molecule has 0 radical (unpaired) electrons. The standard InChI is InChI=1S/C44H28N4/c1-2-13-33(14-3-1)47-26-25-32-27-42-38(28-41(32)47)36-16-7-9-20-40(36)48(42)44-45-39-19-8-6-17-37(39)43(46-44)31-23-21-30(22-24-31)35-18-10-12-29-11-4-5-15-34(29)35/h1-28H. The van der Waals surface area contributed by atoms with Gasteiger partial charge in [-0.05, 0) is 64.4 Å². The lowest BCUT2D eigenvalue weighted by molar-refractivity contribution is 1.01. The summed E-state index contributed by atoms with van der Waals surface area (Å²) in [6, 6.07) is 58.0. The summed E-state index contributed by atoms with van der Waals surface area (Å²) >= 11 is 0. The van der Waals surface area contributed by atoms with Gasteiger partial charge in [0.2, 0.25) is 5.95 Å². The van der Waals surface area contributed by atoms with Crippen molar-refractivity contribution in [1.82, 2.24) is 19.1 Å². The van der Waals surface area contributed by atoms with E-state index < -0.39 is 0 Å². The highest BCUT2D eigenvalue weighted by molar-refractivity contribution is 6.13. The lowest BCUT2D eigenvalue weighted by Gasteiger charge is -2.13. The van der Waals surface area contributed by atoms with Gasteiger partial charge in [0.1, 0.15) is 0 Å². The third-order valence-electron chi connectivity index (χ3n) is 9.57. The molecule has 3 heterocycles. The summed E-state index contributed by atoms with van der Waals surface area (Å²) in [5.74, 6) is 0.662. The molecule has 3 aromatic heterocycles. The van der Waals surface area contributed by atoms with Crippen LogP contribution in [0.3, 0.4) is 0 Å². The smallest absolute Gasteiger partial charge is 0.235 e. The molecule has 10 rings (SSSR count). The highest BCUT2D eigenvalue weighted by atomic mass is 15.2. The summed E-state index contributed by atoms with van der Waals surface area (Å²) in [4.78, 5) is 10.5. The maximum atomic E-state index is 5.35. The normalized spacial score (nSPS) is 11.8. The first-order chi connectivity index (χ1) is 23.8. The Bertz CT molecular complexity index is 2820. The average molecular weight is 613 g/mol. The van der Waals surface area contributed by atoms with Gasteiger partial charge in [0.25, 0.3) is 0 Å². The molecular formula is C44H28N4. The largest absolute Gasteiger partial charge is 0.317 e. The van der Waals surface area contributed by atoms with Crippen LogP contribution in [0.25, 0.3) is 88.4 Å². The highest BCUT2D eigenvalue weighted by Crippen LogP contribution is 2.37. The molecule has 0 bridgehead atoms. The zero-order valence-corrected chi connectivity index (χ0v) is 26.0. The number of nitrogens with zero attached hydrogens (tertiary/aromatic N) is 4. The molecule has 0 N–H and O–H groups in total. The maximum absolute atomic E-state index is 5.35. The van der Waals surface area contributed by atoms with Gasteiger partial charge in [-0.15, -0.1) is 0 Å². The predicted molar refractivity (Wildman–Crippen MR) is 199 cm³/mol. The first kappa shape index (κ1) is 26.7. The van der Waals surface area contributed by atoms with Gasteiger partial charge in [-0.2, -0.15) is 0 Å². The van der Waals surface area contributed by atoms with Gasteiger partial charge in [-0.3, -0.25) is 4.57 Å². The minimum absolute atomic E-state index is 0.662. The Kier molecular flexibility index (Phi) is 5.84. The molecule has 0 aliphatic rings. The van der Waals surface area contributed by atoms with E-state index in [1.54, 1.807) is 0 Å². The fourth-order valence-electron chi connectivity index (χ4n) is 7.30. The van der Waals surface area contributed by atoms with Gasteiger partial charge >= 0.3 is 0 Å². The van der Waals surface area contributed by atoms with Gasteiger partial charge in [0.05, 0.1) is 27.8 Å². The summed E-state index contributed by atoms with van der Waals surface area (Å²) < 4.78 is 4.48. The molecule has 224 valence electrons. The topological polar surface area (TPSA) is 35.6 Å². The van der Waals surface area contributed by atoms with E-state index in [0.29, 0.717) is 5.95 Å². The molecule has 7 aromatic carbocycles. The van der Waals surface area contributed by atoms with Crippen LogP contribution in [0.15, 0.2) is 170 Å². The minimum atomic E-state index is 0.662. The van der Waals surface area contributed by atoms with Crippen LogP contribution in [-0.2, 0) is 0 Å². The van der Waals surface area contributed by atoms with E-state index in [1.807, 2.05) is 6.07 Å². The molecule has 0 atom stereocenters. The van der Waals surface area contributed by atoms with Crippen molar-refractivity contribution in [1.29, 1.82) is 0 Å². The predicted octanol–water partition coefficient (Wildman–Crippen LogP) is 11.2. The summed E-state index contributed by atoms with van der Waals surface area (Å²) in [6.45, 7) is 0. The van der Waals surface area contributed by atoms with Crippen molar-refractivity contribution in [2.75, 3.05) is 0 Å². The summed E-state index contributed by atoms with van der Waals surface area (Å²) in [7, 11) is 0. The Hall–Kier alpha value is -6.52. The van der Waals surface area contributed by atoms with Crippen molar-refractivity contribution in [3.63, 3.8) is 0 Å². The Morgan fingerprint density at radius 3 is 2.00 bits per heavy atom. The van der Waals surface area contributed by atoms with E-state index in [9.17, 15) is 0 Å². The van der Waals surface area contributed by atoms with Crippen LogP contribution in [0.1, 0.15) is 0 Å². The third kappa shape index (κ3) is 4.10.